The van der Waals surface area contributed by atoms with Gasteiger partial charge in [-0.3, -0.25) is 0 Å². The van der Waals surface area contributed by atoms with Crippen LogP contribution in [-0.2, 0) is 4.74 Å². The van der Waals surface area contributed by atoms with Crippen molar-refractivity contribution in [1.29, 1.82) is 0 Å². The van der Waals surface area contributed by atoms with Gasteiger partial charge >= 0.3 is 11.9 Å². The molecule has 1 aromatic carbocycles. The molecule has 3 atom stereocenters. The summed E-state index contributed by atoms with van der Waals surface area (Å²) in [4.78, 5) is 22.8. The van der Waals surface area contributed by atoms with Crippen molar-refractivity contribution < 1.29 is 29.6 Å². The van der Waals surface area contributed by atoms with Crippen molar-refractivity contribution in [3.05, 3.63) is 35.4 Å². The van der Waals surface area contributed by atoms with Crippen LogP contribution in [0.5, 0.6) is 0 Å². The highest BCUT2D eigenvalue weighted by Crippen LogP contribution is 2.32. The first-order valence-electron chi connectivity index (χ1n) is 6.76. The minimum atomic E-state index is -1.14. The Morgan fingerprint density at radius 2 is 1.76 bits per heavy atom. The number of benzene rings is 1. The van der Waals surface area contributed by atoms with Gasteiger partial charge in [-0.15, -0.1) is 0 Å². The van der Waals surface area contributed by atoms with E-state index in [1.54, 1.807) is 6.92 Å². The molecule has 1 aromatic rings. The molecule has 3 unspecified atom stereocenters. The Balaban J connectivity index is 2.11. The van der Waals surface area contributed by atoms with Gasteiger partial charge in [0.25, 0.3) is 0 Å². The molecule has 0 heterocycles. The van der Waals surface area contributed by atoms with E-state index in [1.165, 1.54) is 24.3 Å². The number of hydrogen-bond acceptors (Lipinski definition) is 5. The predicted molar refractivity (Wildman–Crippen MR) is 73.1 cm³/mol. The zero-order valence-corrected chi connectivity index (χ0v) is 11.7. The summed E-state index contributed by atoms with van der Waals surface area (Å²) in [5, 5.41) is 28.5. The lowest BCUT2D eigenvalue weighted by molar-refractivity contribution is -0.145. The predicted octanol–water partition coefficient (Wildman–Crippen LogP) is 1.21. The van der Waals surface area contributed by atoms with Crippen molar-refractivity contribution in [2.75, 3.05) is 0 Å². The van der Waals surface area contributed by atoms with Crippen molar-refractivity contribution >= 4 is 11.9 Å². The van der Waals surface area contributed by atoms with Gasteiger partial charge in [0.15, 0.2) is 0 Å². The molecule has 1 aliphatic carbocycles. The first-order valence-corrected chi connectivity index (χ1v) is 6.76. The van der Waals surface area contributed by atoms with E-state index in [-0.39, 0.29) is 11.1 Å². The molecule has 3 N–H and O–H groups in total. The van der Waals surface area contributed by atoms with Gasteiger partial charge in [-0.1, -0.05) is 0 Å². The van der Waals surface area contributed by atoms with Crippen LogP contribution in [0.3, 0.4) is 0 Å². The van der Waals surface area contributed by atoms with Gasteiger partial charge in [-0.05, 0) is 50.5 Å². The van der Waals surface area contributed by atoms with E-state index in [1.807, 2.05) is 0 Å². The molecule has 0 radical (unpaired) electrons. The summed E-state index contributed by atoms with van der Waals surface area (Å²) in [7, 11) is 0. The van der Waals surface area contributed by atoms with E-state index in [4.69, 9.17) is 9.84 Å². The topological polar surface area (TPSA) is 104 Å². The summed E-state index contributed by atoms with van der Waals surface area (Å²) in [6, 6.07) is 5.35. The average molecular weight is 294 g/mol. The lowest BCUT2D eigenvalue weighted by atomic mass is 9.81. The molecule has 1 aliphatic rings. The maximum atomic E-state index is 12.1. The molecule has 0 aromatic heterocycles. The number of carbonyl (C=O) groups is 2. The number of carbonyl (C=O) groups excluding carboxylic acids is 1. The minimum absolute atomic E-state index is 0.0749. The van der Waals surface area contributed by atoms with Gasteiger partial charge in [-0.25, -0.2) is 9.59 Å². The number of carboxylic acid groups (broad SMARTS) is 1. The molecule has 114 valence electrons. The highest BCUT2D eigenvalue weighted by atomic mass is 16.6. The van der Waals surface area contributed by atoms with E-state index in [0.717, 1.165) is 0 Å². The fourth-order valence-electron chi connectivity index (χ4n) is 2.51. The molecule has 21 heavy (non-hydrogen) atoms. The third-order valence-corrected chi connectivity index (χ3v) is 3.86. The van der Waals surface area contributed by atoms with Crippen LogP contribution in [0, 0.1) is 0 Å². The molecule has 0 bridgehead atoms. The Kier molecular flexibility index (Phi) is 4.29. The molecule has 6 heteroatoms. The average Bonchev–Trinajstić information content (AvgIpc) is 2.45. The summed E-state index contributed by atoms with van der Waals surface area (Å²) >= 11 is 0. The first-order chi connectivity index (χ1) is 9.83. The van der Waals surface area contributed by atoms with Crippen LogP contribution >= 0.6 is 0 Å². The van der Waals surface area contributed by atoms with E-state index in [9.17, 15) is 19.8 Å². The van der Waals surface area contributed by atoms with Crippen molar-refractivity contribution in [1.82, 2.24) is 0 Å². The molecule has 1 saturated carbocycles. The van der Waals surface area contributed by atoms with E-state index in [0.29, 0.717) is 19.3 Å². The second-order valence-corrected chi connectivity index (χ2v) is 5.49. The van der Waals surface area contributed by atoms with Gasteiger partial charge in [0.2, 0.25) is 0 Å². The summed E-state index contributed by atoms with van der Waals surface area (Å²) in [6.45, 7) is 1.59. The van der Waals surface area contributed by atoms with Crippen molar-refractivity contribution in [3.8, 4) is 0 Å². The Morgan fingerprint density at radius 1 is 1.19 bits per heavy atom. The minimum Gasteiger partial charge on any atom is -0.478 e. The molecule has 0 saturated heterocycles. The fourth-order valence-corrected chi connectivity index (χ4v) is 2.51. The van der Waals surface area contributed by atoms with Gasteiger partial charge < -0.3 is 20.1 Å². The Labute approximate surface area is 122 Å². The molecule has 0 spiro atoms. The zero-order valence-electron chi connectivity index (χ0n) is 11.7. The molecule has 2 rings (SSSR count). The third kappa shape index (κ3) is 3.22. The smallest absolute Gasteiger partial charge is 0.338 e. The van der Waals surface area contributed by atoms with Gasteiger partial charge in [-0.2, -0.15) is 0 Å². The molecule has 6 nitrogen and oxygen atoms in total. The van der Waals surface area contributed by atoms with Crippen LogP contribution < -0.4 is 0 Å². The number of rotatable bonds is 3. The third-order valence-electron chi connectivity index (χ3n) is 3.86. The normalized spacial score (nSPS) is 28.9. The maximum absolute atomic E-state index is 12.1. The number of aliphatic hydroxyl groups is 2. The number of hydrogen-bond donors (Lipinski definition) is 3. The highest BCUT2D eigenvalue weighted by molar-refractivity contribution is 5.92. The SMILES string of the molecule is CC1(OC(=O)c2ccc(C(=O)O)cc2)CCCC(O)C1O. The van der Waals surface area contributed by atoms with Gasteiger partial charge in [0.1, 0.15) is 11.7 Å². The number of aliphatic hydroxyl groups excluding tert-OH is 2. The van der Waals surface area contributed by atoms with Crippen LogP contribution in [0.15, 0.2) is 24.3 Å². The monoisotopic (exact) mass is 294 g/mol. The Bertz CT molecular complexity index is 538. The van der Waals surface area contributed by atoms with Crippen molar-refractivity contribution in [2.24, 2.45) is 0 Å². The van der Waals surface area contributed by atoms with E-state index < -0.39 is 29.7 Å². The largest absolute Gasteiger partial charge is 0.478 e. The number of ether oxygens (including phenoxy) is 1. The standard InChI is InChI=1S/C15H18O6/c1-15(8-2-3-11(16)12(15)17)21-14(20)10-6-4-9(5-7-10)13(18)19/h4-7,11-12,16-17H,2-3,8H2,1H3,(H,18,19). The summed E-state index contributed by atoms with van der Waals surface area (Å²) < 4.78 is 5.35. The molecule has 0 amide bonds. The second kappa shape index (κ2) is 5.83. The quantitative estimate of drug-likeness (QED) is 0.724. The van der Waals surface area contributed by atoms with Crippen LogP contribution in [0.1, 0.15) is 46.9 Å². The molecule has 0 aliphatic heterocycles. The van der Waals surface area contributed by atoms with Gasteiger partial charge in [0.05, 0.1) is 17.2 Å². The van der Waals surface area contributed by atoms with Crippen LogP contribution in [0.4, 0.5) is 0 Å². The zero-order chi connectivity index (χ0) is 15.6. The summed E-state index contributed by atoms with van der Waals surface area (Å²) in [6.07, 6.45) is -0.453. The lowest BCUT2D eigenvalue weighted by Crippen LogP contribution is -2.52. The Hall–Kier alpha value is -1.92. The summed E-state index contributed by atoms with van der Waals surface area (Å²) in [5.41, 5.74) is -0.861. The number of carboxylic acids is 1. The second-order valence-electron chi connectivity index (χ2n) is 5.49. The first kappa shape index (κ1) is 15.5. The molecule has 1 fully saturated rings. The maximum Gasteiger partial charge on any atom is 0.338 e. The molecular formula is C15H18O6. The Morgan fingerprint density at radius 3 is 2.33 bits per heavy atom. The van der Waals surface area contributed by atoms with Crippen molar-refractivity contribution in [2.45, 2.75) is 44.0 Å². The van der Waals surface area contributed by atoms with E-state index in [2.05, 4.69) is 0 Å². The van der Waals surface area contributed by atoms with Crippen LogP contribution in [-0.4, -0.2) is 45.1 Å². The van der Waals surface area contributed by atoms with Crippen molar-refractivity contribution in [3.63, 3.8) is 0 Å². The fraction of sp³-hybridized carbons (Fsp3) is 0.467. The van der Waals surface area contributed by atoms with Crippen LogP contribution in [0.25, 0.3) is 0 Å². The highest BCUT2D eigenvalue weighted by Gasteiger charge is 2.44. The van der Waals surface area contributed by atoms with E-state index >= 15 is 0 Å². The van der Waals surface area contributed by atoms with Crippen LogP contribution in [0.2, 0.25) is 0 Å². The number of esters is 1. The number of aromatic carboxylic acids is 1. The molecular weight excluding hydrogens is 276 g/mol. The van der Waals surface area contributed by atoms with Gasteiger partial charge in [0, 0.05) is 0 Å². The lowest BCUT2D eigenvalue weighted by Gasteiger charge is -2.40. The summed E-state index contributed by atoms with van der Waals surface area (Å²) in [5.74, 6) is -1.73.